The molecule has 0 spiro atoms. The molecule has 0 amide bonds. The first-order chi connectivity index (χ1) is 14.7. The molecule has 1 aromatic heterocycles. The first kappa shape index (κ1) is 19.4. The molecule has 1 N–H and O–H groups in total. The van der Waals surface area contributed by atoms with Crippen molar-refractivity contribution >= 4 is 5.69 Å². The molecule has 0 atom stereocenters. The van der Waals surface area contributed by atoms with E-state index in [2.05, 4.69) is 20.8 Å². The van der Waals surface area contributed by atoms with Crippen molar-refractivity contribution in [2.75, 3.05) is 11.9 Å². The number of para-hydroxylation sites is 1. The fraction of sp³-hybridized carbons (Fsp3) is 0.136. The molecule has 0 bridgehead atoms. The Kier molecular flexibility index (Phi) is 5.84. The molecule has 0 aliphatic carbocycles. The zero-order valence-electron chi connectivity index (χ0n) is 16.3. The van der Waals surface area contributed by atoms with Crippen molar-refractivity contribution < 1.29 is 13.9 Å². The lowest BCUT2D eigenvalue weighted by Crippen LogP contribution is -2.03. The Morgan fingerprint density at radius 2 is 1.77 bits per heavy atom. The molecule has 3 aromatic carbocycles. The van der Waals surface area contributed by atoms with Crippen LogP contribution in [0.2, 0.25) is 0 Å². The van der Waals surface area contributed by atoms with Gasteiger partial charge in [0, 0.05) is 12.2 Å². The van der Waals surface area contributed by atoms with Gasteiger partial charge in [0.15, 0.2) is 11.5 Å². The zero-order valence-corrected chi connectivity index (χ0v) is 16.3. The zero-order chi connectivity index (χ0) is 20.8. The van der Waals surface area contributed by atoms with E-state index in [9.17, 15) is 4.39 Å². The Bertz CT molecular complexity index is 1100. The summed E-state index contributed by atoms with van der Waals surface area (Å²) >= 11 is 0. The van der Waals surface area contributed by atoms with Gasteiger partial charge in [0.2, 0.25) is 0 Å². The number of nitrogens with one attached hydrogen (secondary N) is 1. The van der Waals surface area contributed by atoms with E-state index in [1.54, 1.807) is 12.1 Å². The molecule has 0 aliphatic rings. The Morgan fingerprint density at radius 3 is 2.53 bits per heavy atom. The second-order valence-corrected chi connectivity index (χ2v) is 6.39. The summed E-state index contributed by atoms with van der Waals surface area (Å²) in [5.74, 6) is 0.825. The third-order valence-corrected chi connectivity index (χ3v) is 4.29. The molecule has 0 unspecified atom stereocenters. The monoisotopic (exact) mass is 405 g/mol. The molecule has 152 valence electrons. The number of hydrogen-bond donors (Lipinski definition) is 1. The molecule has 8 heteroatoms. The molecule has 1 heterocycles. The number of hydrogen-bond acceptors (Lipinski definition) is 6. The minimum Gasteiger partial charge on any atom is -0.490 e. The van der Waals surface area contributed by atoms with Gasteiger partial charge in [0.25, 0.3) is 0 Å². The minimum atomic E-state index is -0.265. The van der Waals surface area contributed by atoms with Crippen molar-refractivity contribution in [2.45, 2.75) is 13.5 Å². The van der Waals surface area contributed by atoms with Crippen LogP contribution in [0.15, 0.2) is 72.8 Å². The smallest absolute Gasteiger partial charge is 0.346 e. The molecule has 0 radical (unpaired) electrons. The molecule has 7 nitrogen and oxygen atoms in total. The van der Waals surface area contributed by atoms with Crippen LogP contribution in [-0.4, -0.2) is 26.8 Å². The SMILES string of the molecule is CCOc1cc(CNc2ccc(F)cc2)ccc1Oc1nnnn1-c1ccccc1. The third kappa shape index (κ3) is 4.54. The van der Waals surface area contributed by atoms with Gasteiger partial charge in [-0.2, -0.15) is 4.68 Å². The van der Waals surface area contributed by atoms with Crippen molar-refractivity contribution in [3.8, 4) is 23.2 Å². The van der Waals surface area contributed by atoms with E-state index in [1.165, 1.54) is 16.8 Å². The summed E-state index contributed by atoms with van der Waals surface area (Å²) in [5, 5.41) is 14.9. The summed E-state index contributed by atoms with van der Waals surface area (Å²) in [6.07, 6.45) is 0. The fourth-order valence-corrected chi connectivity index (χ4v) is 2.86. The predicted octanol–water partition coefficient (Wildman–Crippen LogP) is 4.60. The van der Waals surface area contributed by atoms with E-state index in [0.717, 1.165) is 16.9 Å². The van der Waals surface area contributed by atoms with Crippen LogP contribution in [0.4, 0.5) is 10.1 Å². The predicted molar refractivity (Wildman–Crippen MR) is 111 cm³/mol. The number of benzene rings is 3. The van der Waals surface area contributed by atoms with E-state index in [4.69, 9.17) is 9.47 Å². The van der Waals surface area contributed by atoms with Gasteiger partial charge in [-0.1, -0.05) is 29.4 Å². The second-order valence-electron chi connectivity index (χ2n) is 6.39. The second kappa shape index (κ2) is 9.04. The third-order valence-electron chi connectivity index (χ3n) is 4.29. The highest BCUT2D eigenvalue weighted by atomic mass is 19.1. The van der Waals surface area contributed by atoms with Crippen molar-refractivity contribution in [2.24, 2.45) is 0 Å². The average molecular weight is 405 g/mol. The van der Waals surface area contributed by atoms with E-state index < -0.39 is 0 Å². The quantitative estimate of drug-likeness (QED) is 0.462. The van der Waals surface area contributed by atoms with Crippen LogP contribution in [0.3, 0.4) is 0 Å². The van der Waals surface area contributed by atoms with Crippen molar-refractivity contribution in [3.05, 3.63) is 84.2 Å². The van der Waals surface area contributed by atoms with E-state index in [0.29, 0.717) is 24.7 Å². The summed E-state index contributed by atoms with van der Waals surface area (Å²) in [7, 11) is 0. The molecular formula is C22H20FN5O2. The van der Waals surface area contributed by atoms with Crippen molar-refractivity contribution in [1.29, 1.82) is 0 Å². The summed E-state index contributed by atoms with van der Waals surface area (Å²) in [4.78, 5) is 0. The van der Waals surface area contributed by atoms with Crippen LogP contribution in [0.5, 0.6) is 17.5 Å². The van der Waals surface area contributed by atoms with E-state index >= 15 is 0 Å². The van der Waals surface area contributed by atoms with E-state index in [-0.39, 0.29) is 11.8 Å². The van der Waals surface area contributed by atoms with Crippen LogP contribution in [0.1, 0.15) is 12.5 Å². The van der Waals surface area contributed by atoms with Crippen LogP contribution in [-0.2, 0) is 6.54 Å². The van der Waals surface area contributed by atoms with Crippen LogP contribution < -0.4 is 14.8 Å². The standard InChI is InChI=1S/C22H20FN5O2/c1-2-29-21-14-16(15-24-18-11-9-17(23)10-12-18)8-13-20(21)30-22-25-26-27-28(22)19-6-4-3-5-7-19/h3-14,24H,2,15H2,1H3. The van der Waals surface area contributed by atoms with Crippen molar-refractivity contribution in [1.82, 2.24) is 20.2 Å². The molecule has 4 aromatic rings. The number of halogens is 1. The number of nitrogens with zero attached hydrogens (tertiary/aromatic N) is 4. The highest BCUT2D eigenvalue weighted by molar-refractivity contribution is 5.47. The molecule has 0 saturated carbocycles. The van der Waals surface area contributed by atoms with Gasteiger partial charge in [-0.05, 0) is 71.4 Å². The number of tetrazole rings is 1. The molecule has 4 rings (SSSR count). The Labute approximate surface area is 173 Å². The van der Waals surface area contributed by atoms with Crippen molar-refractivity contribution in [3.63, 3.8) is 0 Å². The van der Waals surface area contributed by atoms with Gasteiger partial charge in [0.1, 0.15) is 5.82 Å². The average Bonchev–Trinajstić information content (AvgIpc) is 3.24. The maximum absolute atomic E-state index is 13.1. The number of rotatable bonds is 8. The van der Waals surface area contributed by atoms with Gasteiger partial charge in [-0.25, -0.2) is 4.39 Å². The van der Waals surface area contributed by atoms with Crippen LogP contribution in [0.25, 0.3) is 5.69 Å². The first-order valence-corrected chi connectivity index (χ1v) is 9.50. The van der Waals surface area contributed by atoms with Gasteiger partial charge in [-0.15, -0.1) is 0 Å². The highest BCUT2D eigenvalue weighted by Crippen LogP contribution is 2.32. The molecule has 0 saturated heterocycles. The lowest BCUT2D eigenvalue weighted by molar-refractivity contribution is 0.315. The fourth-order valence-electron chi connectivity index (χ4n) is 2.86. The molecule has 0 aliphatic heterocycles. The lowest BCUT2D eigenvalue weighted by Gasteiger charge is -2.13. The van der Waals surface area contributed by atoms with Gasteiger partial charge in [0.05, 0.1) is 12.3 Å². The first-order valence-electron chi connectivity index (χ1n) is 9.50. The largest absolute Gasteiger partial charge is 0.490 e. The summed E-state index contributed by atoms with van der Waals surface area (Å²) in [6, 6.07) is 21.6. The number of aromatic nitrogens is 4. The minimum absolute atomic E-state index is 0.236. The number of ether oxygens (including phenoxy) is 2. The number of anilines is 1. The molecule has 0 fully saturated rings. The Hall–Kier alpha value is -3.94. The molecule has 30 heavy (non-hydrogen) atoms. The van der Waals surface area contributed by atoms with E-state index in [1.807, 2.05) is 55.5 Å². The topological polar surface area (TPSA) is 74.1 Å². The summed E-state index contributed by atoms with van der Waals surface area (Å²) in [5.41, 5.74) is 2.60. The lowest BCUT2D eigenvalue weighted by atomic mass is 10.2. The summed E-state index contributed by atoms with van der Waals surface area (Å²) < 4.78 is 26.3. The maximum Gasteiger partial charge on any atom is 0.346 e. The van der Waals surface area contributed by atoms with Gasteiger partial charge < -0.3 is 14.8 Å². The van der Waals surface area contributed by atoms with Crippen LogP contribution >= 0.6 is 0 Å². The maximum atomic E-state index is 13.1. The Balaban J connectivity index is 1.53. The van der Waals surface area contributed by atoms with Crippen LogP contribution in [0, 0.1) is 5.82 Å². The Morgan fingerprint density at radius 1 is 0.967 bits per heavy atom. The van der Waals surface area contributed by atoms with Gasteiger partial charge in [-0.3, -0.25) is 0 Å². The van der Waals surface area contributed by atoms with Gasteiger partial charge >= 0.3 is 6.01 Å². The molecular weight excluding hydrogens is 385 g/mol. The summed E-state index contributed by atoms with van der Waals surface area (Å²) in [6.45, 7) is 2.93. The normalized spacial score (nSPS) is 10.6. The highest BCUT2D eigenvalue weighted by Gasteiger charge is 2.14.